The number of carbonyl (C=O) groups is 1. The van der Waals surface area contributed by atoms with Crippen LogP contribution in [-0.4, -0.2) is 33.4 Å². The van der Waals surface area contributed by atoms with Crippen LogP contribution >= 0.6 is 22.9 Å². The summed E-state index contributed by atoms with van der Waals surface area (Å²) < 4.78 is 9.82. The summed E-state index contributed by atoms with van der Waals surface area (Å²) in [6.07, 6.45) is 1.86. The van der Waals surface area contributed by atoms with E-state index in [1.165, 1.54) is 22.9 Å². The van der Waals surface area contributed by atoms with Gasteiger partial charge in [-0.1, -0.05) is 10.6 Å². The van der Waals surface area contributed by atoms with Gasteiger partial charge in [0.05, 0.1) is 29.6 Å². The Bertz CT molecular complexity index is 842. The largest absolute Gasteiger partial charge is 0.466 e. The number of esters is 1. The maximum atomic E-state index is 11.4. The first-order valence-electron chi connectivity index (χ1n) is 6.86. The lowest BCUT2D eigenvalue weighted by molar-refractivity contribution is -0.142. The van der Waals surface area contributed by atoms with Crippen molar-refractivity contribution in [3.8, 4) is 0 Å². The lowest BCUT2D eigenvalue weighted by atomic mass is 10.2. The van der Waals surface area contributed by atoms with Crippen molar-refractivity contribution in [1.29, 1.82) is 0 Å². The number of carbonyl (C=O) groups excluding carboxylic acids is 1. The Kier molecular flexibility index (Phi) is 4.89. The van der Waals surface area contributed by atoms with Crippen molar-refractivity contribution in [1.82, 2.24) is 14.6 Å². The van der Waals surface area contributed by atoms with Crippen molar-refractivity contribution >= 4 is 50.4 Å². The minimum atomic E-state index is -0.280. The number of thiazole rings is 1. The number of hydrogen-bond acceptors (Lipinski definition) is 9. The van der Waals surface area contributed by atoms with Gasteiger partial charge >= 0.3 is 5.97 Å². The molecule has 0 aliphatic heterocycles. The fourth-order valence-electron chi connectivity index (χ4n) is 1.84. The first-order chi connectivity index (χ1) is 11.2. The van der Waals surface area contributed by atoms with Crippen molar-refractivity contribution in [3.05, 3.63) is 34.8 Å². The van der Waals surface area contributed by atoms with E-state index in [2.05, 4.69) is 25.1 Å². The number of anilines is 1. The Balaban J connectivity index is 1.59. The molecule has 23 heavy (non-hydrogen) atoms. The average molecular weight is 347 g/mol. The Labute approximate surface area is 140 Å². The molecular formula is C14H13N5O2S2. The zero-order valence-corrected chi connectivity index (χ0v) is 13.9. The second-order valence-corrected chi connectivity index (χ2v) is 6.14. The number of benzene rings is 1. The van der Waals surface area contributed by atoms with Crippen LogP contribution in [0.3, 0.4) is 0 Å². The Hall–Kier alpha value is -2.39. The molecule has 3 rings (SSSR count). The van der Waals surface area contributed by atoms with E-state index in [9.17, 15) is 4.79 Å². The quantitative estimate of drug-likeness (QED) is 0.419. The zero-order chi connectivity index (χ0) is 16.1. The van der Waals surface area contributed by atoms with E-state index < -0.39 is 0 Å². The van der Waals surface area contributed by atoms with Gasteiger partial charge in [-0.2, -0.15) is 5.10 Å². The summed E-state index contributed by atoms with van der Waals surface area (Å²) in [6.45, 7) is 2.15. The van der Waals surface area contributed by atoms with Crippen molar-refractivity contribution < 1.29 is 9.53 Å². The van der Waals surface area contributed by atoms with Gasteiger partial charge < -0.3 is 4.74 Å². The standard InChI is InChI=1S/C14H13N5O2S2/c1-2-21-13(20)6-10-8-22-14(16-10)18-15-7-9-3-4-12-11(5-9)17-19-23-12/h3-5,7-8H,2,6H2,1H3,(H,16,18). The summed E-state index contributed by atoms with van der Waals surface area (Å²) in [5.74, 6) is -0.280. The number of nitrogens with zero attached hydrogens (tertiary/aromatic N) is 4. The summed E-state index contributed by atoms with van der Waals surface area (Å²) in [5.41, 5.74) is 5.29. The van der Waals surface area contributed by atoms with E-state index in [1.807, 2.05) is 23.6 Å². The van der Waals surface area contributed by atoms with Crippen molar-refractivity contribution in [2.45, 2.75) is 13.3 Å². The van der Waals surface area contributed by atoms with Gasteiger partial charge in [-0.15, -0.1) is 16.4 Å². The highest BCUT2D eigenvalue weighted by Gasteiger charge is 2.07. The number of hydrazone groups is 1. The molecule has 0 bridgehead atoms. The molecule has 1 N–H and O–H groups in total. The van der Waals surface area contributed by atoms with Crippen LogP contribution in [0.5, 0.6) is 0 Å². The maximum absolute atomic E-state index is 11.4. The second-order valence-electron chi connectivity index (χ2n) is 4.50. The van der Waals surface area contributed by atoms with Gasteiger partial charge in [-0.05, 0) is 36.2 Å². The molecule has 0 saturated heterocycles. The molecule has 0 fully saturated rings. The lowest BCUT2D eigenvalue weighted by Crippen LogP contribution is -2.07. The Morgan fingerprint density at radius 3 is 3.26 bits per heavy atom. The number of rotatable bonds is 6. The predicted octanol–water partition coefficient (Wildman–Crippen LogP) is 2.70. The molecule has 0 spiro atoms. The zero-order valence-electron chi connectivity index (χ0n) is 12.2. The first-order valence-corrected chi connectivity index (χ1v) is 8.51. The van der Waals surface area contributed by atoms with E-state index in [-0.39, 0.29) is 12.4 Å². The van der Waals surface area contributed by atoms with E-state index >= 15 is 0 Å². The van der Waals surface area contributed by atoms with Crippen LogP contribution in [0.4, 0.5) is 5.13 Å². The van der Waals surface area contributed by atoms with Gasteiger partial charge in [-0.25, -0.2) is 4.98 Å². The SMILES string of the molecule is CCOC(=O)Cc1csc(NN=Cc2ccc3snnc3c2)n1. The topological polar surface area (TPSA) is 89.4 Å². The third kappa shape index (κ3) is 4.08. The molecule has 2 aromatic heterocycles. The van der Waals surface area contributed by atoms with Crippen molar-refractivity contribution in [2.75, 3.05) is 12.0 Å². The van der Waals surface area contributed by atoms with E-state index in [4.69, 9.17) is 4.74 Å². The van der Waals surface area contributed by atoms with Gasteiger partial charge in [0.2, 0.25) is 5.13 Å². The molecule has 3 aromatic rings. The fourth-order valence-corrected chi connectivity index (χ4v) is 3.04. The van der Waals surface area contributed by atoms with Crippen LogP contribution < -0.4 is 5.43 Å². The summed E-state index contributed by atoms with van der Waals surface area (Å²) in [5, 5.41) is 10.6. The highest BCUT2D eigenvalue weighted by molar-refractivity contribution is 7.13. The molecule has 7 nitrogen and oxygen atoms in total. The summed E-state index contributed by atoms with van der Waals surface area (Å²) >= 11 is 2.74. The van der Waals surface area contributed by atoms with E-state index in [1.54, 1.807) is 13.1 Å². The molecule has 0 unspecified atom stereocenters. The number of fused-ring (bicyclic) bond motifs is 1. The lowest BCUT2D eigenvalue weighted by Gasteiger charge is -1.98. The minimum Gasteiger partial charge on any atom is -0.466 e. The van der Waals surface area contributed by atoms with Gasteiger partial charge in [0.15, 0.2) is 0 Å². The predicted molar refractivity (Wildman–Crippen MR) is 91.1 cm³/mol. The van der Waals surface area contributed by atoms with Gasteiger partial charge in [0, 0.05) is 5.38 Å². The monoisotopic (exact) mass is 347 g/mol. The highest BCUT2D eigenvalue weighted by Crippen LogP contribution is 2.17. The van der Waals surface area contributed by atoms with Crippen molar-refractivity contribution in [2.24, 2.45) is 5.10 Å². The average Bonchev–Trinajstić information content (AvgIpc) is 3.16. The fraction of sp³-hybridized carbons (Fsp3) is 0.214. The van der Waals surface area contributed by atoms with Crippen LogP contribution in [0.2, 0.25) is 0 Å². The normalized spacial score (nSPS) is 11.2. The molecule has 118 valence electrons. The summed E-state index contributed by atoms with van der Waals surface area (Å²) in [4.78, 5) is 15.7. The minimum absolute atomic E-state index is 0.170. The second kappa shape index (κ2) is 7.25. The van der Waals surface area contributed by atoms with Crippen LogP contribution in [0, 0.1) is 0 Å². The number of nitrogens with one attached hydrogen (secondary N) is 1. The van der Waals surface area contributed by atoms with E-state index in [0.29, 0.717) is 17.4 Å². The number of ether oxygens (including phenoxy) is 1. The molecule has 9 heteroatoms. The maximum Gasteiger partial charge on any atom is 0.311 e. The Morgan fingerprint density at radius 1 is 1.48 bits per heavy atom. The summed E-state index contributed by atoms with van der Waals surface area (Å²) in [6, 6.07) is 5.82. The molecule has 0 radical (unpaired) electrons. The summed E-state index contributed by atoms with van der Waals surface area (Å²) in [7, 11) is 0. The number of hydrogen-bond donors (Lipinski definition) is 1. The molecule has 0 amide bonds. The molecule has 0 aliphatic rings. The third-order valence-electron chi connectivity index (χ3n) is 2.83. The van der Waals surface area contributed by atoms with Crippen LogP contribution in [-0.2, 0) is 16.0 Å². The Morgan fingerprint density at radius 2 is 2.39 bits per heavy atom. The van der Waals surface area contributed by atoms with Crippen LogP contribution in [0.1, 0.15) is 18.2 Å². The molecule has 0 atom stereocenters. The number of aromatic nitrogens is 3. The molecule has 0 aliphatic carbocycles. The third-order valence-corrected chi connectivity index (χ3v) is 4.33. The van der Waals surface area contributed by atoms with Gasteiger partial charge in [-0.3, -0.25) is 10.2 Å². The van der Waals surface area contributed by atoms with E-state index in [0.717, 1.165) is 15.8 Å². The van der Waals surface area contributed by atoms with Crippen molar-refractivity contribution in [3.63, 3.8) is 0 Å². The molecular weight excluding hydrogens is 334 g/mol. The van der Waals surface area contributed by atoms with Crippen LogP contribution in [0.15, 0.2) is 28.7 Å². The first kappa shape index (κ1) is 15.5. The van der Waals surface area contributed by atoms with Gasteiger partial charge in [0.25, 0.3) is 0 Å². The highest BCUT2D eigenvalue weighted by atomic mass is 32.1. The van der Waals surface area contributed by atoms with Gasteiger partial charge in [0.1, 0.15) is 5.52 Å². The molecule has 2 heterocycles. The molecule has 0 saturated carbocycles. The molecule has 1 aromatic carbocycles. The smallest absolute Gasteiger partial charge is 0.311 e. The van der Waals surface area contributed by atoms with Crippen LogP contribution in [0.25, 0.3) is 10.2 Å².